The van der Waals surface area contributed by atoms with E-state index in [1.165, 1.54) is 43.5 Å². The first-order chi connectivity index (χ1) is 10.0. The summed E-state index contributed by atoms with van der Waals surface area (Å²) in [6.45, 7) is 0. The van der Waals surface area contributed by atoms with Crippen molar-refractivity contribution in [2.45, 2.75) is 0 Å². The molecule has 0 spiro atoms. The van der Waals surface area contributed by atoms with Gasteiger partial charge in [-0.15, -0.1) is 0 Å². The van der Waals surface area contributed by atoms with Crippen molar-refractivity contribution in [3.05, 3.63) is 63.9 Å². The number of carbonyl (C=O) groups is 1. The van der Waals surface area contributed by atoms with Gasteiger partial charge in [-0.05, 0) is 42.5 Å². The molecular formula is C16H12BrFO3. The Hall–Kier alpha value is -2.14. The Morgan fingerprint density at radius 1 is 1.29 bits per heavy atom. The number of phenolic OH excluding ortho intramolecular Hbond substituents is 1. The molecule has 0 unspecified atom stereocenters. The van der Waals surface area contributed by atoms with E-state index in [1.807, 2.05) is 0 Å². The smallest absolute Gasteiger partial charge is 0.185 e. The fourth-order valence-electron chi connectivity index (χ4n) is 1.73. The average Bonchev–Trinajstić information content (AvgIpc) is 2.46. The summed E-state index contributed by atoms with van der Waals surface area (Å²) in [7, 11) is 1.40. The molecule has 2 aromatic rings. The van der Waals surface area contributed by atoms with Crippen LogP contribution in [-0.2, 0) is 0 Å². The summed E-state index contributed by atoms with van der Waals surface area (Å²) in [5.41, 5.74) is 0.663. The summed E-state index contributed by atoms with van der Waals surface area (Å²) in [5, 5.41) is 9.48. The Balaban J connectivity index is 2.23. The van der Waals surface area contributed by atoms with Crippen molar-refractivity contribution in [2.75, 3.05) is 7.11 Å². The number of ketones is 1. The third kappa shape index (κ3) is 3.70. The summed E-state index contributed by atoms with van der Waals surface area (Å²) in [5.74, 6) is -0.562. The number of carbonyl (C=O) groups excluding carboxylic acids is 1. The van der Waals surface area contributed by atoms with Crippen molar-refractivity contribution in [2.24, 2.45) is 0 Å². The van der Waals surface area contributed by atoms with Gasteiger partial charge in [0.2, 0.25) is 0 Å². The van der Waals surface area contributed by atoms with E-state index in [2.05, 4.69) is 15.9 Å². The molecule has 0 aliphatic rings. The zero-order chi connectivity index (χ0) is 15.4. The normalized spacial score (nSPS) is 10.8. The molecule has 0 saturated carbocycles. The van der Waals surface area contributed by atoms with Crippen molar-refractivity contribution in [1.82, 2.24) is 0 Å². The van der Waals surface area contributed by atoms with Crippen LogP contribution in [0.5, 0.6) is 11.5 Å². The van der Waals surface area contributed by atoms with Crippen LogP contribution in [-0.4, -0.2) is 18.0 Å². The molecule has 2 aromatic carbocycles. The lowest BCUT2D eigenvalue weighted by atomic mass is 10.1. The fraction of sp³-hybridized carbons (Fsp3) is 0.0625. The Morgan fingerprint density at radius 3 is 2.71 bits per heavy atom. The van der Waals surface area contributed by atoms with Gasteiger partial charge in [0.25, 0.3) is 0 Å². The highest BCUT2D eigenvalue weighted by Crippen LogP contribution is 2.26. The molecule has 21 heavy (non-hydrogen) atoms. The van der Waals surface area contributed by atoms with Crippen LogP contribution in [0.15, 0.2) is 46.9 Å². The van der Waals surface area contributed by atoms with E-state index in [0.717, 1.165) is 0 Å². The van der Waals surface area contributed by atoms with E-state index < -0.39 is 5.82 Å². The first-order valence-electron chi connectivity index (χ1n) is 6.05. The van der Waals surface area contributed by atoms with E-state index >= 15 is 0 Å². The molecule has 0 amide bonds. The van der Waals surface area contributed by atoms with Crippen molar-refractivity contribution in [3.8, 4) is 11.5 Å². The highest BCUT2D eigenvalue weighted by atomic mass is 79.9. The number of aromatic hydroxyl groups is 1. The molecule has 108 valence electrons. The summed E-state index contributed by atoms with van der Waals surface area (Å²) in [6.07, 6.45) is 2.68. The van der Waals surface area contributed by atoms with Gasteiger partial charge >= 0.3 is 0 Å². The molecule has 0 atom stereocenters. The standard InChI is InChI=1S/C16H12BrFO3/c1-21-16-8-11(4-7-15(16)20)14(19)6-3-10-2-5-12(17)9-13(10)18/h2-9,20H,1H3. The van der Waals surface area contributed by atoms with Crippen molar-refractivity contribution in [3.63, 3.8) is 0 Å². The third-order valence-electron chi connectivity index (χ3n) is 2.84. The Morgan fingerprint density at radius 2 is 2.05 bits per heavy atom. The molecule has 0 bridgehead atoms. The Kier molecular flexibility index (Phi) is 4.75. The summed E-state index contributed by atoms with van der Waals surface area (Å²) >= 11 is 3.17. The predicted octanol–water partition coefficient (Wildman–Crippen LogP) is 4.20. The van der Waals surface area contributed by atoms with E-state index in [4.69, 9.17) is 4.74 Å². The van der Waals surface area contributed by atoms with Gasteiger partial charge in [-0.3, -0.25) is 4.79 Å². The monoisotopic (exact) mass is 350 g/mol. The van der Waals surface area contributed by atoms with Crippen LogP contribution in [0.25, 0.3) is 6.08 Å². The number of rotatable bonds is 4. The van der Waals surface area contributed by atoms with E-state index in [1.54, 1.807) is 12.1 Å². The number of ether oxygens (including phenoxy) is 1. The van der Waals surface area contributed by atoms with Crippen LogP contribution < -0.4 is 4.74 Å². The zero-order valence-corrected chi connectivity index (χ0v) is 12.7. The maximum absolute atomic E-state index is 13.6. The quantitative estimate of drug-likeness (QED) is 0.663. The molecule has 0 aromatic heterocycles. The zero-order valence-electron chi connectivity index (χ0n) is 11.1. The lowest BCUT2D eigenvalue weighted by Crippen LogP contribution is -1.95. The lowest BCUT2D eigenvalue weighted by molar-refractivity contribution is 0.104. The van der Waals surface area contributed by atoms with Crippen LogP contribution >= 0.6 is 15.9 Å². The van der Waals surface area contributed by atoms with Gasteiger partial charge in [0, 0.05) is 15.6 Å². The number of methoxy groups -OCH3 is 1. The van der Waals surface area contributed by atoms with Crippen LogP contribution in [0.2, 0.25) is 0 Å². The van der Waals surface area contributed by atoms with Crippen LogP contribution in [0.3, 0.4) is 0 Å². The number of hydrogen-bond acceptors (Lipinski definition) is 3. The van der Waals surface area contributed by atoms with E-state index in [0.29, 0.717) is 15.6 Å². The molecule has 0 saturated heterocycles. The molecule has 0 heterocycles. The van der Waals surface area contributed by atoms with Crippen molar-refractivity contribution in [1.29, 1.82) is 0 Å². The maximum Gasteiger partial charge on any atom is 0.185 e. The summed E-state index contributed by atoms with van der Waals surface area (Å²) in [4.78, 5) is 12.0. The average molecular weight is 351 g/mol. The van der Waals surface area contributed by atoms with Gasteiger partial charge < -0.3 is 9.84 Å². The molecule has 0 aliphatic carbocycles. The molecule has 2 rings (SSSR count). The fourth-order valence-corrected chi connectivity index (χ4v) is 2.06. The van der Waals surface area contributed by atoms with E-state index in [9.17, 15) is 14.3 Å². The first kappa shape index (κ1) is 15.3. The Labute approximate surface area is 129 Å². The highest BCUT2D eigenvalue weighted by molar-refractivity contribution is 9.10. The van der Waals surface area contributed by atoms with Gasteiger partial charge in [-0.25, -0.2) is 4.39 Å². The number of phenols is 1. The number of allylic oxidation sites excluding steroid dienone is 1. The van der Waals surface area contributed by atoms with Gasteiger partial charge in [0.05, 0.1) is 7.11 Å². The largest absolute Gasteiger partial charge is 0.504 e. The van der Waals surface area contributed by atoms with Crippen LogP contribution in [0.4, 0.5) is 4.39 Å². The van der Waals surface area contributed by atoms with Gasteiger partial charge in [0.1, 0.15) is 5.82 Å². The highest BCUT2D eigenvalue weighted by Gasteiger charge is 2.08. The minimum absolute atomic E-state index is 0.0445. The number of hydrogen-bond donors (Lipinski definition) is 1. The summed E-state index contributed by atoms with van der Waals surface area (Å²) in [6, 6.07) is 8.87. The molecule has 0 aliphatic heterocycles. The molecule has 3 nitrogen and oxygen atoms in total. The molecule has 0 fully saturated rings. The molecule has 1 N–H and O–H groups in total. The van der Waals surface area contributed by atoms with E-state index in [-0.39, 0.29) is 17.3 Å². The lowest BCUT2D eigenvalue weighted by Gasteiger charge is -2.04. The van der Waals surface area contributed by atoms with Gasteiger partial charge in [0.15, 0.2) is 17.3 Å². The molecule has 0 radical (unpaired) electrons. The topological polar surface area (TPSA) is 46.5 Å². The van der Waals surface area contributed by atoms with Crippen molar-refractivity contribution < 1.29 is 19.0 Å². The second-order valence-electron chi connectivity index (χ2n) is 4.25. The maximum atomic E-state index is 13.6. The minimum atomic E-state index is -0.420. The number of benzene rings is 2. The SMILES string of the molecule is COc1cc(C(=O)C=Cc2ccc(Br)cc2F)ccc1O. The second kappa shape index (κ2) is 6.54. The van der Waals surface area contributed by atoms with Crippen molar-refractivity contribution >= 4 is 27.8 Å². The second-order valence-corrected chi connectivity index (χ2v) is 5.17. The van der Waals surface area contributed by atoms with Gasteiger partial charge in [-0.2, -0.15) is 0 Å². The van der Waals surface area contributed by atoms with Crippen LogP contribution in [0, 0.1) is 5.82 Å². The Bertz CT molecular complexity index is 711. The first-order valence-corrected chi connectivity index (χ1v) is 6.85. The molecule has 5 heteroatoms. The number of halogens is 2. The predicted molar refractivity (Wildman–Crippen MR) is 82.1 cm³/mol. The minimum Gasteiger partial charge on any atom is -0.504 e. The summed E-state index contributed by atoms with van der Waals surface area (Å²) < 4.78 is 19.2. The third-order valence-corrected chi connectivity index (χ3v) is 3.33. The van der Waals surface area contributed by atoms with Crippen LogP contribution in [0.1, 0.15) is 15.9 Å². The molecular weight excluding hydrogens is 339 g/mol. The van der Waals surface area contributed by atoms with Gasteiger partial charge in [-0.1, -0.05) is 22.0 Å².